The largest absolute Gasteiger partial charge is 0.482 e. The van der Waals surface area contributed by atoms with Crippen LogP contribution in [0.3, 0.4) is 0 Å². The Balaban J connectivity index is 1.52. The number of furan rings is 1. The maximum atomic E-state index is 13.5. The first-order valence-electron chi connectivity index (χ1n) is 12.9. The second-order valence-electron chi connectivity index (χ2n) is 11.0. The SMILES string of the molecule is CN(C(=O)Cc1cccc2occc12)C(CC1CCC(O)C1)c1cccc(OCC(=O)OC(C)(C)C)c1. The summed E-state index contributed by atoms with van der Waals surface area (Å²) in [6.45, 7) is 5.26. The van der Waals surface area contributed by atoms with E-state index in [2.05, 4.69) is 0 Å². The van der Waals surface area contributed by atoms with Gasteiger partial charge in [-0.1, -0.05) is 24.3 Å². The van der Waals surface area contributed by atoms with E-state index in [0.717, 1.165) is 47.8 Å². The summed E-state index contributed by atoms with van der Waals surface area (Å²) in [4.78, 5) is 27.4. The number of fused-ring (bicyclic) bond motifs is 1. The van der Waals surface area contributed by atoms with E-state index in [1.807, 2.05) is 70.3 Å². The third kappa shape index (κ3) is 7.13. The van der Waals surface area contributed by atoms with Crippen LogP contribution in [-0.4, -0.2) is 47.2 Å². The predicted octanol–water partition coefficient (Wildman–Crippen LogP) is 5.45. The molecular weight excluding hydrogens is 470 g/mol. The molecule has 37 heavy (non-hydrogen) atoms. The molecule has 3 atom stereocenters. The molecule has 3 aromatic rings. The zero-order valence-corrected chi connectivity index (χ0v) is 22.1. The number of carbonyl (C=O) groups is 2. The molecule has 1 aromatic heterocycles. The molecule has 1 saturated carbocycles. The van der Waals surface area contributed by atoms with Crippen molar-refractivity contribution in [2.24, 2.45) is 5.92 Å². The fourth-order valence-corrected chi connectivity index (χ4v) is 5.09. The van der Waals surface area contributed by atoms with Crippen molar-refractivity contribution in [2.45, 2.75) is 70.6 Å². The van der Waals surface area contributed by atoms with Crippen LogP contribution in [0.15, 0.2) is 59.2 Å². The number of carbonyl (C=O) groups excluding carboxylic acids is 2. The molecular formula is C30H37NO6. The van der Waals surface area contributed by atoms with E-state index >= 15 is 0 Å². The highest BCUT2D eigenvalue weighted by Crippen LogP contribution is 2.37. The highest BCUT2D eigenvalue weighted by molar-refractivity contribution is 5.87. The standard InChI is InChI=1S/C30H37NO6/c1-30(2,3)37-29(34)19-36-24-9-5-8-22(17-24)26(16-20-11-12-23(32)15-20)31(4)28(33)18-21-7-6-10-27-25(21)13-14-35-27/h5-10,13-14,17,20,23,26,32H,11-12,15-16,18-19H2,1-4H3. The number of hydrogen-bond acceptors (Lipinski definition) is 6. The van der Waals surface area contributed by atoms with Crippen LogP contribution in [0.4, 0.5) is 0 Å². The maximum absolute atomic E-state index is 13.5. The van der Waals surface area contributed by atoms with Crippen LogP contribution in [0.2, 0.25) is 0 Å². The van der Waals surface area contributed by atoms with Gasteiger partial charge in [-0.15, -0.1) is 0 Å². The van der Waals surface area contributed by atoms with Gasteiger partial charge in [0.15, 0.2) is 6.61 Å². The molecule has 0 bridgehead atoms. The Morgan fingerprint density at radius 1 is 1.14 bits per heavy atom. The molecule has 0 spiro atoms. The van der Waals surface area contributed by atoms with Crippen molar-refractivity contribution in [3.05, 3.63) is 65.9 Å². The summed E-state index contributed by atoms with van der Waals surface area (Å²) >= 11 is 0. The average molecular weight is 508 g/mol. The summed E-state index contributed by atoms with van der Waals surface area (Å²) in [5.41, 5.74) is 2.04. The first kappa shape index (κ1) is 26.7. The lowest BCUT2D eigenvalue weighted by atomic mass is 9.92. The number of benzene rings is 2. The van der Waals surface area contributed by atoms with Crippen LogP contribution in [0.25, 0.3) is 11.0 Å². The molecule has 1 amide bonds. The molecule has 3 unspecified atom stereocenters. The number of rotatable bonds is 9. The van der Waals surface area contributed by atoms with Gasteiger partial charge in [0.2, 0.25) is 5.91 Å². The number of aliphatic hydroxyl groups excluding tert-OH is 1. The van der Waals surface area contributed by atoms with E-state index < -0.39 is 11.6 Å². The normalized spacial score (nSPS) is 18.5. The molecule has 0 radical (unpaired) electrons. The highest BCUT2D eigenvalue weighted by Gasteiger charge is 2.30. The molecule has 0 saturated heterocycles. The summed E-state index contributed by atoms with van der Waals surface area (Å²) in [6.07, 6.45) is 4.81. The van der Waals surface area contributed by atoms with E-state index in [4.69, 9.17) is 13.9 Å². The first-order valence-corrected chi connectivity index (χ1v) is 12.9. The topological polar surface area (TPSA) is 89.2 Å². The van der Waals surface area contributed by atoms with Crippen LogP contribution < -0.4 is 4.74 Å². The van der Waals surface area contributed by atoms with E-state index in [9.17, 15) is 14.7 Å². The predicted molar refractivity (Wildman–Crippen MR) is 141 cm³/mol. The van der Waals surface area contributed by atoms with Gasteiger partial charge >= 0.3 is 5.97 Å². The van der Waals surface area contributed by atoms with E-state index in [-0.39, 0.29) is 31.1 Å². The number of ether oxygens (including phenoxy) is 2. The minimum Gasteiger partial charge on any atom is -0.482 e. The van der Waals surface area contributed by atoms with Crippen LogP contribution in [0.5, 0.6) is 5.75 Å². The summed E-state index contributed by atoms with van der Waals surface area (Å²) < 4.78 is 16.6. The van der Waals surface area contributed by atoms with Gasteiger partial charge < -0.3 is 23.9 Å². The lowest BCUT2D eigenvalue weighted by molar-refractivity contribution is -0.157. The zero-order valence-electron chi connectivity index (χ0n) is 22.1. The molecule has 1 fully saturated rings. The highest BCUT2D eigenvalue weighted by atomic mass is 16.6. The number of amides is 1. The van der Waals surface area contributed by atoms with Gasteiger partial charge in [-0.05, 0) is 87.8 Å². The molecule has 7 heteroatoms. The van der Waals surface area contributed by atoms with Gasteiger partial charge in [-0.2, -0.15) is 0 Å². The molecule has 1 N–H and O–H groups in total. The summed E-state index contributed by atoms with van der Waals surface area (Å²) in [7, 11) is 1.84. The van der Waals surface area contributed by atoms with Crippen molar-refractivity contribution in [2.75, 3.05) is 13.7 Å². The van der Waals surface area contributed by atoms with Gasteiger partial charge in [0, 0.05) is 12.4 Å². The lowest BCUT2D eigenvalue weighted by Crippen LogP contribution is -2.33. The van der Waals surface area contributed by atoms with Crippen LogP contribution in [0.1, 0.15) is 63.6 Å². The monoisotopic (exact) mass is 507 g/mol. The minimum atomic E-state index is -0.580. The first-order chi connectivity index (χ1) is 17.6. The van der Waals surface area contributed by atoms with E-state index in [0.29, 0.717) is 11.7 Å². The fraction of sp³-hybridized carbons (Fsp3) is 0.467. The quantitative estimate of drug-likeness (QED) is 0.388. The number of aliphatic hydroxyl groups is 1. The van der Waals surface area contributed by atoms with Gasteiger partial charge in [-0.3, -0.25) is 4.79 Å². The third-order valence-corrected chi connectivity index (χ3v) is 6.88. The molecule has 0 aliphatic heterocycles. The summed E-state index contributed by atoms with van der Waals surface area (Å²) in [5.74, 6) is 0.426. The second-order valence-corrected chi connectivity index (χ2v) is 11.0. The number of esters is 1. The zero-order chi connectivity index (χ0) is 26.6. The van der Waals surface area contributed by atoms with Crippen molar-refractivity contribution in [1.29, 1.82) is 0 Å². The van der Waals surface area contributed by atoms with Crippen molar-refractivity contribution in [3.63, 3.8) is 0 Å². The van der Waals surface area contributed by atoms with Crippen LogP contribution in [-0.2, 0) is 20.7 Å². The molecule has 1 aliphatic rings. The number of nitrogens with zero attached hydrogens (tertiary/aromatic N) is 1. The maximum Gasteiger partial charge on any atom is 0.344 e. The molecule has 1 aliphatic carbocycles. The van der Waals surface area contributed by atoms with E-state index in [1.54, 1.807) is 17.2 Å². The van der Waals surface area contributed by atoms with Gasteiger partial charge in [-0.25, -0.2) is 4.79 Å². The lowest BCUT2D eigenvalue weighted by Gasteiger charge is -2.31. The van der Waals surface area contributed by atoms with Crippen molar-refractivity contribution in [1.82, 2.24) is 4.90 Å². The molecule has 7 nitrogen and oxygen atoms in total. The van der Waals surface area contributed by atoms with Crippen molar-refractivity contribution >= 4 is 22.8 Å². The smallest absolute Gasteiger partial charge is 0.344 e. The Hall–Kier alpha value is -3.32. The van der Waals surface area contributed by atoms with Crippen LogP contribution in [0, 0.1) is 5.92 Å². The Morgan fingerprint density at radius 2 is 1.92 bits per heavy atom. The van der Waals surface area contributed by atoms with Gasteiger partial charge in [0.05, 0.1) is 24.8 Å². The number of likely N-dealkylation sites (N-methyl/N-ethyl adjacent to an activating group) is 1. The third-order valence-electron chi connectivity index (χ3n) is 6.88. The Bertz CT molecular complexity index is 1230. The Morgan fingerprint density at radius 3 is 2.65 bits per heavy atom. The van der Waals surface area contributed by atoms with Crippen molar-refractivity contribution in [3.8, 4) is 5.75 Å². The molecule has 4 rings (SSSR count). The van der Waals surface area contributed by atoms with Gasteiger partial charge in [0.1, 0.15) is 16.9 Å². The summed E-state index contributed by atoms with van der Waals surface area (Å²) in [5, 5.41) is 11.0. The average Bonchev–Trinajstić information content (AvgIpc) is 3.49. The Labute approximate surface area is 218 Å². The molecule has 1 heterocycles. The number of hydrogen-bond donors (Lipinski definition) is 1. The Kier molecular flexibility index (Phi) is 8.22. The fourth-order valence-electron chi connectivity index (χ4n) is 5.09. The molecule has 198 valence electrons. The van der Waals surface area contributed by atoms with E-state index in [1.165, 1.54) is 0 Å². The van der Waals surface area contributed by atoms with Gasteiger partial charge in [0.25, 0.3) is 0 Å². The van der Waals surface area contributed by atoms with Crippen LogP contribution >= 0.6 is 0 Å². The molecule has 2 aromatic carbocycles. The second kappa shape index (κ2) is 11.4. The minimum absolute atomic E-state index is 0.00248. The van der Waals surface area contributed by atoms with Crippen molar-refractivity contribution < 1.29 is 28.6 Å². The summed E-state index contributed by atoms with van der Waals surface area (Å²) in [6, 6.07) is 15.0.